The topological polar surface area (TPSA) is 90.3 Å². The number of aliphatic hydroxyl groups excluding tert-OH is 1. The summed E-state index contributed by atoms with van der Waals surface area (Å²) < 4.78 is 49.6. The van der Waals surface area contributed by atoms with Gasteiger partial charge in [0.15, 0.2) is 15.6 Å². The second kappa shape index (κ2) is 12.4. The van der Waals surface area contributed by atoms with Crippen LogP contribution in [-0.4, -0.2) is 68.0 Å². The van der Waals surface area contributed by atoms with Crippen LogP contribution >= 0.6 is 23.2 Å². The highest BCUT2D eigenvalue weighted by molar-refractivity contribution is 7.90. The summed E-state index contributed by atoms with van der Waals surface area (Å²) >= 11 is 12.6. The van der Waals surface area contributed by atoms with Gasteiger partial charge in [0.25, 0.3) is 0 Å². The molecular formula is C35H41Cl2FN2O5S. The summed E-state index contributed by atoms with van der Waals surface area (Å²) in [5, 5.41) is 22.9. The Morgan fingerprint density at radius 3 is 2.30 bits per heavy atom. The number of benzene rings is 3. The van der Waals surface area contributed by atoms with Gasteiger partial charge in [0, 0.05) is 45.9 Å². The van der Waals surface area contributed by atoms with Gasteiger partial charge in [-0.3, -0.25) is 4.90 Å². The smallest absolute Gasteiger partial charge is 0.177 e. The Bertz CT molecular complexity index is 1720. The maximum absolute atomic E-state index is 16.9. The molecule has 11 heteroatoms. The molecule has 1 saturated carbocycles. The molecule has 1 aliphatic carbocycles. The minimum atomic E-state index is -3.67. The molecule has 3 aliphatic rings. The van der Waals surface area contributed by atoms with E-state index in [-0.39, 0.29) is 37.1 Å². The van der Waals surface area contributed by atoms with Crippen molar-refractivity contribution in [1.82, 2.24) is 9.80 Å². The summed E-state index contributed by atoms with van der Waals surface area (Å²) in [6, 6.07) is 15.1. The van der Waals surface area contributed by atoms with Crippen LogP contribution in [-0.2, 0) is 39.0 Å². The van der Waals surface area contributed by atoms with Crippen LogP contribution in [0.5, 0.6) is 0 Å². The van der Waals surface area contributed by atoms with E-state index >= 15 is 4.39 Å². The van der Waals surface area contributed by atoms with Gasteiger partial charge in [0.2, 0.25) is 0 Å². The van der Waals surface area contributed by atoms with Crippen molar-refractivity contribution in [2.75, 3.05) is 39.6 Å². The quantitative estimate of drug-likeness (QED) is 0.266. The lowest BCUT2D eigenvalue weighted by atomic mass is 9.76. The Labute approximate surface area is 280 Å². The first kappa shape index (κ1) is 33.8. The third-order valence-electron chi connectivity index (χ3n) is 10.3. The van der Waals surface area contributed by atoms with Gasteiger partial charge in [-0.1, -0.05) is 47.5 Å². The highest BCUT2D eigenvalue weighted by atomic mass is 35.5. The average molecular weight is 692 g/mol. The normalized spacial score (nSPS) is 23.3. The standard InChI is InChI=1S/C35H41Cl2FN2O5S/c1-33(42,25-10-14-39(2)15-11-25)27-16-24-20-40(19-23-4-7-29(37)18-31(23)46(3,43)44)35(32(24)30(38)17-27,26-5-8-28(36)9-6-26)45-22-34(21-41)12-13-34/h4-9,16-18,25,41-42H,10-15,19-22H2,1-3H3/t33?,35-/m1/s1. The summed E-state index contributed by atoms with van der Waals surface area (Å²) in [5.41, 5.74) is -0.618. The predicted molar refractivity (Wildman–Crippen MR) is 177 cm³/mol. The summed E-state index contributed by atoms with van der Waals surface area (Å²) in [5.74, 6) is -0.562. The number of fused-ring (bicyclic) bond motifs is 1. The van der Waals surface area contributed by atoms with Crippen molar-refractivity contribution in [1.29, 1.82) is 0 Å². The van der Waals surface area contributed by atoms with Crippen LogP contribution in [0.15, 0.2) is 59.5 Å². The highest BCUT2D eigenvalue weighted by Crippen LogP contribution is 2.53. The SMILES string of the molecule is CN1CCC(C(C)(O)c2cc(F)c3c(c2)CN(Cc2ccc(Cl)cc2S(C)(=O)=O)[C@@]3(OCC2(CO)CC2)c2ccc(Cl)cc2)CC1. The van der Waals surface area contributed by atoms with Crippen LogP contribution in [0.3, 0.4) is 0 Å². The van der Waals surface area contributed by atoms with Gasteiger partial charge >= 0.3 is 0 Å². The maximum Gasteiger partial charge on any atom is 0.177 e. The van der Waals surface area contributed by atoms with Crippen LogP contribution in [0.2, 0.25) is 10.0 Å². The summed E-state index contributed by atoms with van der Waals surface area (Å²) in [6.07, 6.45) is 4.28. The van der Waals surface area contributed by atoms with E-state index in [1.165, 1.54) is 12.1 Å². The van der Waals surface area contributed by atoms with E-state index in [9.17, 15) is 18.6 Å². The van der Waals surface area contributed by atoms with E-state index in [1.54, 1.807) is 43.3 Å². The molecule has 1 unspecified atom stereocenters. The molecule has 0 radical (unpaired) electrons. The fraction of sp³-hybridized carbons (Fsp3) is 0.486. The number of halogens is 3. The molecule has 0 aromatic heterocycles. The van der Waals surface area contributed by atoms with Crippen molar-refractivity contribution in [3.8, 4) is 0 Å². The Hall–Kier alpha value is -2.08. The lowest BCUT2D eigenvalue weighted by Gasteiger charge is -2.41. The van der Waals surface area contributed by atoms with Gasteiger partial charge in [-0.15, -0.1) is 0 Å². The lowest BCUT2D eigenvalue weighted by Crippen LogP contribution is -2.46. The molecule has 0 amide bonds. The fourth-order valence-corrected chi connectivity index (χ4v) is 8.46. The molecule has 2 heterocycles. The van der Waals surface area contributed by atoms with Crippen molar-refractivity contribution >= 4 is 33.0 Å². The molecule has 2 atom stereocenters. The first-order valence-electron chi connectivity index (χ1n) is 15.7. The zero-order valence-corrected chi connectivity index (χ0v) is 28.7. The fourth-order valence-electron chi connectivity index (χ4n) is 7.15. The average Bonchev–Trinajstić information content (AvgIpc) is 3.72. The van der Waals surface area contributed by atoms with Crippen molar-refractivity contribution < 1.29 is 27.8 Å². The second-order valence-electron chi connectivity index (χ2n) is 13.7. The minimum Gasteiger partial charge on any atom is -0.396 e. The van der Waals surface area contributed by atoms with Crippen molar-refractivity contribution in [2.45, 2.75) is 61.9 Å². The minimum absolute atomic E-state index is 0.0402. The van der Waals surface area contributed by atoms with Gasteiger partial charge in [-0.2, -0.15) is 0 Å². The van der Waals surface area contributed by atoms with Gasteiger partial charge < -0.3 is 19.8 Å². The molecule has 2 aliphatic heterocycles. The first-order chi connectivity index (χ1) is 21.7. The number of piperidine rings is 1. The summed E-state index contributed by atoms with van der Waals surface area (Å²) in [7, 11) is -1.61. The molecule has 7 nitrogen and oxygen atoms in total. The number of hydrogen-bond donors (Lipinski definition) is 2. The number of ether oxygens (including phenoxy) is 1. The molecule has 248 valence electrons. The van der Waals surface area contributed by atoms with E-state index in [2.05, 4.69) is 11.9 Å². The van der Waals surface area contributed by atoms with Crippen LogP contribution in [0.25, 0.3) is 0 Å². The van der Waals surface area contributed by atoms with Crippen molar-refractivity contribution in [3.05, 3.63) is 98.3 Å². The van der Waals surface area contributed by atoms with E-state index in [4.69, 9.17) is 27.9 Å². The molecule has 2 N–H and O–H groups in total. The molecule has 3 aromatic rings. The number of hydrogen-bond acceptors (Lipinski definition) is 7. The highest BCUT2D eigenvalue weighted by Gasteiger charge is 2.54. The first-order valence-corrected chi connectivity index (χ1v) is 18.3. The van der Waals surface area contributed by atoms with Crippen LogP contribution in [0, 0.1) is 17.2 Å². The Morgan fingerprint density at radius 2 is 1.70 bits per heavy atom. The molecule has 2 fully saturated rings. The number of rotatable bonds is 10. The summed E-state index contributed by atoms with van der Waals surface area (Å²) in [4.78, 5) is 4.25. The van der Waals surface area contributed by atoms with Gasteiger partial charge in [-0.05, 0) is 106 Å². The Morgan fingerprint density at radius 1 is 1.04 bits per heavy atom. The molecule has 46 heavy (non-hydrogen) atoms. The van der Waals surface area contributed by atoms with E-state index in [1.807, 2.05) is 11.0 Å². The zero-order valence-electron chi connectivity index (χ0n) is 26.4. The number of nitrogens with zero attached hydrogens (tertiary/aromatic N) is 2. The summed E-state index contributed by atoms with van der Waals surface area (Å²) in [6.45, 7) is 3.87. The van der Waals surface area contributed by atoms with Crippen LogP contribution in [0.1, 0.15) is 60.4 Å². The molecule has 0 spiro atoms. The maximum atomic E-state index is 16.9. The molecular weight excluding hydrogens is 650 g/mol. The van der Waals surface area contributed by atoms with Gasteiger partial charge in [-0.25, -0.2) is 12.8 Å². The largest absolute Gasteiger partial charge is 0.396 e. The van der Waals surface area contributed by atoms with Crippen LogP contribution in [0.4, 0.5) is 4.39 Å². The van der Waals surface area contributed by atoms with Crippen molar-refractivity contribution in [3.63, 3.8) is 0 Å². The number of likely N-dealkylation sites (tertiary alicyclic amines) is 1. The van der Waals surface area contributed by atoms with Gasteiger partial charge in [0.05, 0.1) is 23.7 Å². The van der Waals surface area contributed by atoms with E-state index < -0.39 is 32.4 Å². The molecule has 3 aromatic carbocycles. The molecule has 1 saturated heterocycles. The predicted octanol–water partition coefficient (Wildman–Crippen LogP) is 6.09. The van der Waals surface area contributed by atoms with Gasteiger partial charge in [0.1, 0.15) is 5.82 Å². The molecule has 0 bridgehead atoms. The number of sulfone groups is 1. The Kier molecular flexibility index (Phi) is 9.13. The van der Waals surface area contributed by atoms with Crippen molar-refractivity contribution in [2.24, 2.45) is 11.3 Å². The third kappa shape index (κ3) is 6.26. The van der Waals surface area contributed by atoms with Crippen LogP contribution < -0.4 is 0 Å². The Balaban J connectivity index is 1.52. The van der Waals surface area contributed by atoms with E-state index in [0.29, 0.717) is 37.9 Å². The van der Waals surface area contributed by atoms with E-state index in [0.717, 1.165) is 45.0 Å². The lowest BCUT2D eigenvalue weighted by molar-refractivity contribution is -0.148. The zero-order chi connectivity index (χ0) is 33.1. The molecule has 6 rings (SSSR count). The number of aliphatic hydroxyl groups is 2. The third-order valence-corrected chi connectivity index (χ3v) is 12.0. The second-order valence-corrected chi connectivity index (χ2v) is 16.6. The monoisotopic (exact) mass is 690 g/mol.